The first-order valence-corrected chi connectivity index (χ1v) is 13.4. The Balaban J connectivity index is 1.66. The van der Waals surface area contributed by atoms with Crippen LogP contribution >= 0.6 is 0 Å². The van der Waals surface area contributed by atoms with Gasteiger partial charge >= 0.3 is 0 Å². The second kappa shape index (κ2) is 13.0. The van der Waals surface area contributed by atoms with Gasteiger partial charge in [0, 0.05) is 18.7 Å². The first kappa shape index (κ1) is 27.7. The summed E-state index contributed by atoms with van der Waals surface area (Å²) in [5, 5.41) is 2.79. The van der Waals surface area contributed by atoms with Crippen molar-refractivity contribution in [2.75, 3.05) is 9.62 Å². The molecule has 3 aromatic carbocycles. The quantitative estimate of drug-likeness (QED) is 0.215. The molecule has 0 aliphatic heterocycles. The predicted molar refractivity (Wildman–Crippen MR) is 148 cm³/mol. The second-order valence-corrected chi connectivity index (χ2v) is 9.55. The molecule has 0 radical (unpaired) electrons. The van der Waals surface area contributed by atoms with Crippen molar-refractivity contribution in [3.05, 3.63) is 114 Å². The fraction of sp³-hybridized carbons (Fsp3) is 0.172. The van der Waals surface area contributed by atoms with E-state index >= 15 is 0 Å². The lowest BCUT2D eigenvalue weighted by Crippen LogP contribution is -2.31. The molecule has 0 spiro atoms. The van der Waals surface area contributed by atoms with Crippen LogP contribution in [0.1, 0.15) is 41.4 Å². The van der Waals surface area contributed by atoms with Crippen LogP contribution in [0.25, 0.3) is 0 Å². The van der Waals surface area contributed by atoms with Crippen molar-refractivity contribution in [2.24, 2.45) is 0 Å². The van der Waals surface area contributed by atoms with E-state index in [1.54, 1.807) is 66.7 Å². The van der Waals surface area contributed by atoms with Crippen molar-refractivity contribution >= 4 is 40.1 Å². The van der Waals surface area contributed by atoms with Gasteiger partial charge in [0.15, 0.2) is 0 Å². The molecular formula is C29H28FN3O5S. The predicted octanol–water partition coefficient (Wildman–Crippen LogP) is 6.27. The number of furan rings is 1. The number of para-hydroxylation sites is 1. The van der Waals surface area contributed by atoms with Crippen molar-refractivity contribution in [2.45, 2.75) is 32.9 Å². The summed E-state index contributed by atoms with van der Waals surface area (Å²) >= 11 is -2.47. The maximum absolute atomic E-state index is 14.5. The maximum atomic E-state index is 14.5. The third kappa shape index (κ3) is 6.98. The van der Waals surface area contributed by atoms with E-state index in [1.165, 1.54) is 33.7 Å². The van der Waals surface area contributed by atoms with Crippen LogP contribution in [-0.4, -0.2) is 25.5 Å². The van der Waals surface area contributed by atoms with Crippen LogP contribution < -0.4 is 9.62 Å². The molecule has 2 amide bonds. The molecule has 39 heavy (non-hydrogen) atoms. The normalized spacial score (nSPS) is 11.6. The van der Waals surface area contributed by atoms with Crippen LogP contribution in [0.5, 0.6) is 0 Å². The first-order chi connectivity index (χ1) is 18.9. The number of rotatable bonds is 11. The van der Waals surface area contributed by atoms with Crippen molar-refractivity contribution in [1.29, 1.82) is 0 Å². The minimum absolute atomic E-state index is 0.00288. The molecule has 0 fully saturated rings. The second-order valence-electron chi connectivity index (χ2n) is 8.72. The summed E-state index contributed by atoms with van der Waals surface area (Å²) < 4.78 is 44.0. The highest BCUT2D eigenvalue weighted by atomic mass is 32.2. The average molecular weight is 550 g/mol. The Morgan fingerprint density at radius 3 is 2.33 bits per heavy atom. The van der Waals surface area contributed by atoms with Gasteiger partial charge in [-0.1, -0.05) is 37.3 Å². The zero-order chi connectivity index (χ0) is 27.8. The molecular weight excluding hydrogens is 521 g/mol. The molecule has 0 saturated heterocycles. The molecule has 2 N–H and O–H groups in total. The van der Waals surface area contributed by atoms with E-state index in [0.717, 1.165) is 0 Å². The largest absolute Gasteiger partial charge is 0.467 e. The minimum atomic E-state index is -2.47. The Labute approximate surface area is 228 Å². The van der Waals surface area contributed by atoms with Crippen LogP contribution in [0.4, 0.5) is 21.5 Å². The number of anilines is 3. The zero-order valence-corrected chi connectivity index (χ0v) is 22.1. The SMILES string of the molecule is CCCC(=O)Nc1ccc(N(c2ccccc2CN(Cc2ccco2)C(=O)c2ccccc2F)S(=O)O)cc1. The average Bonchev–Trinajstić information content (AvgIpc) is 3.43. The molecule has 0 aliphatic carbocycles. The van der Waals surface area contributed by atoms with Gasteiger partial charge in [-0.25, -0.2) is 12.9 Å². The Morgan fingerprint density at radius 1 is 0.949 bits per heavy atom. The summed E-state index contributed by atoms with van der Waals surface area (Å²) in [4.78, 5) is 26.8. The molecule has 1 atom stereocenters. The maximum Gasteiger partial charge on any atom is 0.266 e. The van der Waals surface area contributed by atoms with Gasteiger partial charge in [0.2, 0.25) is 5.91 Å². The van der Waals surface area contributed by atoms with Gasteiger partial charge in [0.05, 0.1) is 29.7 Å². The van der Waals surface area contributed by atoms with Crippen LogP contribution in [0.15, 0.2) is 95.6 Å². The molecule has 0 saturated carbocycles. The van der Waals surface area contributed by atoms with Gasteiger partial charge in [-0.3, -0.25) is 14.1 Å². The molecule has 1 aromatic heterocycles. The summed E-state index contributed by atoms with van der Waals surface area (Å²) in [5.41, 5.74) is 1.80. The fourth-order valence-electron chi connectivity index (χ4n) is 4.09. The van der Waals surface area contributed by atoms with Gasteiger partial charge in [0.1, 0.15) is 11.6 Å². The van der Waals surface area contributed by atoms with E-state index in [1.807, 2.05) is 6.92 Å². The van der Waals surface area contributed by atoms with Gasteiger partial charge < -0.3 is 14.6 Å². The lowest BCUT2D eigenvalue weighted by atomic mass is 10.1. The van der Waals surface area contributed by atoms with E-state index < -0.39 is 23.0 Å². The topological polar surface area (TPSA) is 103 Å². The van der Waals surface area contributed by atoms with Crippen LogP contribution in [0.2, 0.25) is 0 Å². The van der Waals surface area contributed by atoms with Gasteiger partial charge in [0.25, 0.3) is 17.2 Å². The number of carbonyl (C=O) groups is 2. The number of hydrogen-bond acceptors (Lipinski definition) is 4. The summed E-state index contributed by atoms with van der Waals surface area (Å²) in [6.07, 6.45) is 2.59. The molecule has 202 valence electrons. The molecule has 4 rings (SSSR count). The number of benzene rings is 3. The smallest absolute Gasteiger partial charge is 0.266 e. The summed E-state index contributed by atoms with van der Waals surface area (Å²) in [5.74, 6) is -0.817. The molecule has 8 nitrogen and oxygen atoms in total. The molecule has 1 unspecified atom stereocenters. The monoisotopic (exact) mass is 549 g/mol. The van der Waals surface area contributed by atoms with E-state index in [2.05, 4.69) is 5.32 Å². The summed E-state index contributed by atoms with van der Waals surface area (Å²) in [6, 6.07) is 22.5. The van der Waals surface area contributed by atoms with Crippen molar-refractivity contribution in [1.82, 2.24) is 4.90 Å². The molecule has 1 heterocycles. The highest BCUT2D eigenvalue weighted by Gasteiger charge is 2.24. The number of carbonyl (C=O) groups excluding carboxylic acids is 2. The van der Waals surface area contributed by atoms with Crippen molar-refractivity contribution < 1.29 is 27.2 Å². The third-order valence-corrected chi connectivity index (χ3v) is 6.63. The minimum Gasteiger partial charge on any atom is -0.467 e. The Bertz CT molecular complexity index is 1440. The van der Waals surface area contributed by atoms with Gasteiger partial charge in [-0.2, -0.15) is 0 Å². The van der Waals surface area contributed by atoms with Crippen LogP contribution in [0, 0.1) is 5.82 Å². The zero-order valence-electron chi connectivity index (χ0n) is 21.2. The first-order valence-electron chi connectivity index (χ1n) is 12.3. The summed E-state index contributed by atoms with van der Waals surface area (Å²) in [7, 11) is 0. The van der Waals surface area contributed by atoms with Crippen LogP contribution in [0.3, 0.4) is 0 Å². The molecule has 0 bridgehead atoms. The molecule has 0 aliphatic rings. The standard InChI is InChI=1S/C29H28FN3O5S/c1-2-8-28(34)31-22-14-16-23(17-15-22)33(39(36)37)27-13-6-3-9-21(27)19-32(20-24-10-7-18-38-24)29(35)25-11-4-5-12-26(25)30/h3-7,9-18H,2,8,19-20H2,1H3,(H,31,34)(H,36,37). The molecule has 4 aromatic rings. The van der Waals surface area contributed by atoms with E-state index in [0.29, 0.717) is 41.2 Å². The lowest BCUT2D eigenvalue weighted by Gasteiger charge is -2.27. The summed E-state index contributed by atoms with van der Waals surface area (Å²) in [6.45, 7) is 1.97. The number of halogens is 1. The van der Waals surface area contributed by atoms with Crippen molar-refractivity contribution in [3.63, 3.8) is 0 Å². The Morgan fingerprint density at radius 2 is 1.67 bits per heavy atom. The number of nitrogens with zero attached hydrogens (tertiary/aromatic N) is 2. The number of nitrogens with one attached hydrogen (secondary N) is 1. The van der Waals surface area contributed by atoms with Crippen LogP contribution in [-0.2, 0) is 29.2 Å². The Kier molecular flexibility index (Phi) is 9.24. The number of hydrogen-bond donors (Lipinski definition) is 2. The number of amides is 2. The highest BCUT2D eigenvalue weighted by Crippen LogP contribution is 2.32. The van der Waals surface area contributed by atoms with E-state index in [4.69, 9.17) is 4.42 Å². The Hall–Kier alpha value is -4.28. The van der Waals surface area contributed by atoms with Gasteiger partial charge in [-0.15, -0.1) is 0 Å². The molecule has 10 heteroatoms. The van der Waals surface area contributed by atoms with Crippen molar-refractivity contribution in [3.8, 4) is 0 Å². The highest BCUT2D eigenvalue weighted by molar-refractivity contribution is 7.81. The van der Waals surface area contributed by atoms with E-state index in [-0.39, 0.29) is 24.6 Å². The van der Waals surface area contributed by atoms with E-state index in [9.17, 15) is 22.7 Å². The van der Waals surface area contributed by atoms with Gasteiger partial charge in [-0.05, 0) is 66.6 Å². The lowest BCUT2D eigenvalue weighted by molar-refractivity contribution is -0.116. The third-order valence-electron chi connectivity index (χ3n) is 5.91. The fourth-order valence-corrected chi connectivity index (χ4v) is 4.74.